The lowest BCUT2D eigenvalue weighted by atomic mass is 10.3. The molecule has 0 heterocycles. The molecule has 0 atom stereocenters. The van der Waals surface area contributed by atoms with Crippen molar-refractivity contribution >= 4 is 26.0 Å². The molecule has 0 spiro atoms. The lowest BCUT2D eigenvalue weighted by Gasteiger charge is -2.16. The number of sulfonamides is 1. The van der Waals surface area contributed by atoms with Crippen LogP contribution in [0.3, 0.4) is 0 Å². The van der Waals surface area contributed by atoms with Crippen LogP contribution in [0.15, 0.2) is 27.6 Å². The monoisotopic (exact) mass is 309 g/mol. The minimum Gasteiger partial charge on any atom is -0.207 e. The van der Waals surface area contributed by atoms with E-state index in [4.69, 9.17) is 0 Å². The van der Waals surface area contributed by atoms with E-state index < -0.39 is 15.8 Å². The molecule has 0 N–H and O–H groups in total. The molecule has 0 amide bonds. The minimum atomic E-state index is -3.71. The molecule has 16 heavy (non-hydrogen) atoms. The normalized spacial score (nSPS) is 12.1. The molecule has 6 heteroatoms. The molecule has 0 fully saturated rings. The summed E-state index contributed by atoms with van der Waals surface area (Å²) in [6, 6.07) is 3.92. The van der Waals surface area contributed by atoms with Crippen LogP contribution in [0.25, 0.3) is 0 Å². The molecule has 3 nitrogen and oxygen atoms in total. The molecule has 0 aliphatic carbocycles. The molecule has 0 aliphatic rings. The summed E-state index contributed by atoms with van der Waals surface area (Å²) in [4.78, 5) is -0.286. The lowest BCUT2D eigenvalue weighted by Crippen LogP contribution is -2.28. The molecular weight excluding hydrogens is 297 g/mol. The quantitative estimate of drug-likeness (QED) is 0.857. The van der Waals surface area contributed by atoms with Crippen LogP contribution in [0, 0.1) is 5.82 Å². The fourth-order valence-corrected chi connectivity index (χ4v) is 2.92. The Morgan fingerprint density at radius 2 is 2.06 bits per heavy atom. The highest BCUT2D eigenvalue weighted by Gasteiger charge is 2.23. The largest absolute Gasteiger partial charge is 0.245 e. The minimum absolute atomic E-state index is 0.286. The molecule has 0 saturated heterocycles. The average Bonchev–Trinajstić information content (AvgIpc) is 2.17. The fourth-order valence-electron chi connectivity index (χ4n) is 1.29. The fraction of sp³-hybridized carbons (Fsp3) is 0.400. The van der Waals surface area contributed by atoms with Gasteiger partial charge in [0.25, 0.3) is 0 Å². The van der Waals surface area contributed by atoms with Crippen LogP contribution < -0.4 is 0 Å². The highest BCUT2D eigenvalue weighted by Crippen LogP contribution is 2.21. The standard InChI is InChI=1S/C10H13BrFNO2S/c1-3-6-13(2)16(14,15)10-5-4-8(11)7-9(10)12/h4-5,7H,3,6H2,1-2H3. The number of hydrogen-bond donors (Lipinski definition) is 0. The Bertz CT molecular complexity index is 476. The second kappa shape index (κ2) is 5.25. The summed E-state index contributed by atoms with van der Waals surface area (Å²) < 4.78 is 39.0. The molecule has 0 aliphatic heterocycles. The predicted octanol–water partition coefficient (Wildman–Crippen LogP) is 2.62. The third-order valence-corrected chi connectivity index (χ3v) is 4.50. The van der Waals surface area contributed by atoms with Crippen molar-refractivity contribution in [1.29, 1.82) is 0 Å². The summed E-state index contributed by atoms with van der Waals surface area (Å²) in [5.41, 5.74) is 0. The van der Waals surface area contributed by atoms with Gasteiger partial charge < -0.3 is 0 Å². The predicted molar refractivity (Wildman–Crippen MR) is 64.2 cm³/mol. The summed E-state index contributed by atoms with van der Waals surface area (Å²) >= 11 is 3.08. The van der Waals surface area contributed by atoms with Crippen molar-refractivity contribution in [1.82, 2.24) is 4.31 Å². The van der Waals surface area contributed by atoms with Crippen LogP contribution in [0.1, 0.15) is 13.3 Å². The van der Waals surface area contributed by atoms with Gasteiger partial charge in [0.05, 0.1) is 0 Å². The third-order valence-electron chi connectivity index (χ3n) is 2.12. The maximum Gasteiger partial charge on any atom is 0.245 e. The summed E-state index contributed by atoms with van der Waals surface area (Å²) in [5, 5.41) is 0. The Morgan fingerprint density at radius 1 is 1.44 bits per heavy atom. The number of nitrogens with zero attached hydrogens (tertiary/aromatic N) is 1. The van der Waals surface area contributed by atoms with Gasteiger partial charge in [-0.3, -0.25) is 0 Å². The zero-order chi connectivity index (χ0) is 12.3. The second-order valence-electron chi connectivity index (χ2n) is 3.40. The first-order valence-electron chi connectivity index (χ1n) is 4.81. The van der Waals surface area contributed by atoms with E-state index in [0.29, 0.717) is 17.4 Å². The zero-order valence-corrected chi connectivity index (χ0v) is 11.5. The third kappa shape index (κ3) is 2.81. The van der Waals surface area contributed by atoms with Crippen LogP contribution in [0.4, 0.5) is 4.39 Å². The second-order valence-corrected chi connectivity index (χ2v) is 6.33. The van der Waals surface area contributed by atoms with Crippen molar-refractivity contribution in [2.45, 2.75) is 18.2 Å². The topological polar surface area (TPSA) is 37.4 Å². The van der Waals surface area contributed by atoms with E-state index in [-0.39, 0.29) is 4.90 Å². The van der Waals surface area contributed by atoms with Crippen LogP contribution >= 0.6 is 15.9 Å². The molecule has 1 aromatic carbocycles. The van der Waals surface area contributed by atoms with Gasteiger partial charge in [0.1, 0.15) is 10.7 Å². The Balaban J connectivity index is 3.17. The van der Waals surface area contributed by atoms with Crippen molar-refractivity contribution < 1.29 is 12.8 Å². The van der Waals surface area contributed by atoms with Gasteiger partial charge in [-0.05, 0) is 24.6 Å². The molecule has 1 aromatic rings. The average molecular weight is 310 g/mol. The first-order valence-corrected chi connectivity index (χ1v) is 7.04. The van der Waals surface area contributed by atoms with E-state index in [1.165, 1.54) is 19.2 Å². The van der Waals surface area contributed by atoms with E-state index in [0.717, 1.165) is 10.4 Å². The Labute approximate surface area is 103 Å². The van der Waals surface area contributed by atoms with Crippen molar-refractivity contribution in [3.63, 3.8) is 0 Å². The Hall–Kier alpha value is -0.460. The van der Waals surface area contributed by atoms with Crippen LogP contribution in [0.2, 0.25) is 0 Å². The van der Waals surface area contributed by atoms with Gasteiger partial charge in [0, 0.05) is 18.1 Å². The number of benzene rings is 1. The van der Waals surface area contributed by atoms with Gasteiger partial charge in [-0.1, -0.05) is 22.9 Å². The molecule has 1 rings (SSSR count). The van der Waals surface area contributed by atoms with Gasteiger partial charge in [0.15, 0.2) is 0 Å². The molecular formula is C10H13BrFNO2S. The highest BCUT2D eigenvalue weighted by molar-refractivity contribution is 9.10. The summed E-state index contributed by atoms with van der Waals surface area (Å²) in [7, 11) is -2.27. The molecule has 0 bridgehead atoms. The van der Waals surface area contributed by atoms with Crippen molar-refractivity contribution in [3.05, 3.63) is 28.5 Å². The maximum absolute atomic E-state index is 13.5. The molecule has 90 valence electrons. The van der Waals surface area contributed by atoms with E-state index in [1.807, 2.05) is 6.92 Å². The van der Waals surface area contributed by atoms with Crippen molar-refractivity contribution in [2.24, 2.45) is 0 Å². The first-order chi connectivity index (χ1) is 7.39. The van der Waals surface area contributed by atoms with Crippen LogP contribution in [-0.2, 0) is 10.0 Å². The first kappa shape index (κ1) is 13.6. The maximum atomic E-state index is 13.5. The number of rotatable bonds is 4. The Kier molecular flexibility index (Phi) is 4.46. The Morgan fingerprint density at radius 3 is 2.56 bits per heavy atom. The van der Waals surface area contributed by atoms with Crippen molar-refractivity contribution in [2.75, 3.05) is 13.6 Å². The highest BCUT2D eigenvalue weighted by atomic mass is 79.9. The number of halogens is 2. The summed E-state index contributed by atoms with van der Waals surface area (Å²) in [5.74, 6) is -0.739. The van der Waals surface area contributed by atoms with Crippen LogP contribution in [-0.4, -0.2) is 26.3 Å². The zero-order valence-electron chi connectivity index (χ0n) is 9.07. The van der Waals surface area contributed by atoms with Gasteiger partial charge in [-0.25, -0.2) is 17.1 Å². The molecule has 0 aromatic heterocycles. The SMILES string of the molecule is CCCN(C)S(=O)(=O)c1ccc(Br)cc1F. The van der Waals surface area contributed by atoms with Gasteiger partial charge in [-0.15, -0.1) is 0 Å². The van der Waals surface area contributed by atoms with E-state index in [1.54, 1.807) is 0 Å². The van der Waals surface area contributed by atoms with Crippen LogP contribution in [0.5, 0.6) is 0 Å². The van der Waals surface area contributed by atoms with E-state index in [9.17, 15) is 12.8 Å². The van der Waals surface area contributed by atoms with Gasteiger partial charge in [0.2, 0.25) is 10.0 Å². The molecule has 0 unspecified atom stereocenters. The van der Waals surface area contributed by atoms with Gasteiger partial charge >= 0.3 is 0 Å². The van der Waals surface area contributed by atoms with E-state index in [2.05, 4.69) is 15.9 Å². The molecule has 0 saturated carbocycles. The lowest BCUT2D eigenvalue weighted by molar-refractivity contribution is 0.461. The van der Waals surface area contributed by atoms with Gasteiger partial charge in [-0.2, -0.15) is 0 Å². The smallest absolute Gasteiger partial charge is 0.207 e. The number of hydrogen-bond acceptors (Lipinski definition) is 2. The summed E-state index contributed by atoms with van der Waals surface area (Å²) in [6.45, 7) is 2.24. The van der Waals surface area contributed by atoms with Crippen molar-refractivity contribution in [3.8, 4) is 0 Å². The molecule has 0 radical (unpaired) electrons. The van der Waals surface area contributed by atoms with E-state index >= 15 is 0 Å². The summed E-state index contributed by atoms with van der Waals surface area (Å²) in [6.07, 6.45) is 0.688.